The lowest BCUT2D eigenvalue weighted by Gasteiger charge is -1.95. The zero-order valence-electron chi connectivity index (χ0n) is 5.95. The molecule has 2 heteroatoms. The Balaban J connectivity index is 2.58. The maximum absolute atomic E-state index is 9.82. The summed E-state index contributed by atoms with van der Waals surface area (Å²) < 4.78 is 0. The van der Waals surface area contributed by atoms with Crippen LogP contribution >= 0.6 is 0 Å². The molecule has 0 amide bonds. The van der Waals surface area contributed by atoms with Gasteiger partial charge in [-0.15, -0.1) is 0 Å². The number of carbonyl (C=O) groups excluding carboxylic acids is 1. The number of benzene rings is 1. The minimum atomic E-state index is 0.240. The molecule has 0 unspecified atom stereocenters. The highest BCUT2D eigenvalue weighted by atomic mass is 16.3. The molecule has 0 aliphatic carbocycles. The van der Waals surface area contributed by atoms with E-state index in [1.807, 2.05) is 0 Å². The lowest BCUT2D eigenvalue weighted by molar-refractivity contribution is 0.475. The van der Waals surface area contributed by atoms with Crippen molar-refractivity contribution in [3.63, 3.8) is 0 Å². The van der Waals surface area contributed by atoms with Crippen LogP contribution in [0.4, 0.5) is 0 Å². The number of aromatic hydroxyl groups is 1. The van der Waals surface area contributed by atoms with E-state index in [1.165, 1.54) is 6.42 Å². The zero-order valence-corrected chi connectivity index (χ0v) is 5.95. The highest BCUT2D eigenvalue weighted by Crippen LogP contribution is 2.10. The fraction of sp³-hybridized carbons (Fsp3) is 0.111. The smallest absolute Gasteiger partial charge is 0.202 e. The first-order valence-corrected chi connectivity index (χ1v) is 3.30. The van der Waals surface area contributed by atoms with Crippen molar-refractivity contribution >= 4 is 6.29 Å². The number of hydrogen-bond donors (Lipinski definition) is 1. The molecular formula is C9H8O2. The second-order valence-electron chi connectivity index (χ2n) is 2.19. The highest BCUT2D eigenvalue weighted by Gasteiger charge is 1.92. The third kappa shape index (κ3) is 2.42. The van der Waals surface area contributed by atoms with Crippen LogP contribution in [0.3, 0.4) is 0 Å². The average molecular weight is 148 g/mol. The Morgan fingerprint density at radius 1 is 1.36 bits per heavy atom. The first-order valence-electron chi connectivity index (χ1n) is 3.30. The van der Waals surface area contributed by atoms with Gasteiger partial charge in [-0.05, 0) is 24.1 Å². The summed E-state index contributed by atoms with van der Waals surface area (Å²) in [5.41, 5.74) is 0.992. The van der Waals surface area contributed by atoms with Crippen LogP contribution in [0.2, 0.25) is 0 Å². The fourth-order valence-corrected chi connectivity index (χ4v) is 0.792. The van der Waals surface area contributed by atoms with Gasteiger partial charge in [-0.25, -0.2) is 0 Å². The summed E-state index contributed by atoms with van der Waals surface area (Å²) >= 11 is 0. The standard InChI is InChI=1S/C9H8O2/c10-7-1-2-8-3-5-9(11)6-4-8/h1,3-6,11H,2H2. The summed E-state index contributed by atoms with van der Waals surface area (Å²) in [5.74, 6) is 0.240. The molecule has 1 aromatic rings. The largest absolute Gasteiger partial charge is 0.508 e. The van der Waals surface area contributed by atoms with Gasteiger partial charge in [0.25, 0.3) is 0 Å². The lowest BCUT2D eigenvalue weighted by Crippen LogP contribution is -1.85. The SMILES string of the molecule is O=[C][CH]Cc1ccc(O)cc1. The van der Waals surface area contributed by atoms with Crippen LogP contribution in [0.1, 0.15) is 5.56 Å². The molecule has 2 radical (unpaired) electrons. The van der Waals surface area contributed by atoms with Crippen molar-refractivity contribution in [1.82, 2.24) is 0 Å². The zero-order chi connectivity index (χ0) is 8.10. The summed E-state index contributed by atoms with van der Waals surface area (Å²) in [7, 11) is 0. The molecule has 0 spiro atoms. The second-order valence-corrected chi connectivity index (χ2v) is 2.19. The maximum atomic E-state index is 9.82. The van der Waals surface area contributed by atoms with E-state index in [1.54, 1.807) is 30.6 Å². The lowest BCUT2D eigenvalue weighted by atomic mass is 10.1. The van der Waals surface area contributed by atoms with Gasteiger partial charge < -0.3 is 5.11 Å². The summed E-state index contributed by atoms with van der Waals surface area (Å²) in [5, 5.41) is 8.89. The van der Waals surface area contributed by atoms with Crippen LogP contribution in [0.5, 0.6) is 5.75 Å². The summed E-state index contributed by atoms with van der Waals surface area (Å²) in [6.07, 6.45) is 3.68. The monoisotopic (exact) mass is 148 g/mol. The molecule has 0 fully saturated rings. The second kappa shape index (κ2) is 3.76. The van der Waals surface area contributed by atoms with E-state index >= 15 is 0 Å². The molecule has 0 bridgehead atoms. The predicted molar refractivity (Wildman–Crippen MR) is 41.8 cm³/mol. The van der Waals surface area contributed by atoms with Gasteiger partial charge in [-0.1, -0.05) is 12.1 Å². The molecule has 0 saturated carbocycles. The molecule has 0 heterocycles. The van der Waals surface area contributed by atoms with Crippen molar-refractivity contribution in [2.24, 2.45) is 0 Å². The van der Waals surface area contributed by atoms with Gasteiger partial charge in [0, 0.05) is 6.42 Å². The Kier molecular flexibility index (Phi) is 2.66. The molecule has 0 aliphatic rings. The Morgan fingerprint density at radius 3 is 2.55 bits per heavy atom. The van der Waals surface area contributed by atoms with Crippen LogP contribution in [-0.2, 0) is 11.2 Å². The molecule has 11 heavy (non-hydrogen) atoms. The van der Waals surface area contributed by atoms with E-state index in [-0.39, 0.29) is 5.75 Å². The number of phenolic OH excluding ortho intramolecular Hbond substituents is 1. The van der Waals surface area contributed by atoms with Crippen LogP contribution < -0.4 is 0 Å². The minimum Gasteiger partial charge on any atom is -0.508 e. The van der Waals surface area contributed by atoms with Gasteiger partial charge >= 0.3 is 0 Å². The molecule has 1 aromatic carbocycles. The van der Waals surface area contributed by atoms with Gasteiger partial charge in [0.2, 0.25) is 6.29 Å². The van der Waals surface area contributed by atoms with Gasteiger partial charge in [-0.3, -0.25) is 4.79 Å². The molecule has 1 rings (SSSR count). The number of rotatable bonds is 3. The van der Waals surface area contributed by atoms with Gasteiger partial charge in [-0.2, -0.15) is 0 Å². The number of hydrogen-bond acceptors (Lipinski definition) is 2. The molecule has 56 valence electrons. The Morgan fingerprint density at radius 2 is 2.00 bits per heavy atom. The Bertz CT molecular complexity index is 226. The van der Waals surface area contributed by atoms with Crippen LogP contribution in [0.15, 0.2) is 24.3 Å². The van der Waals surface area contributed by atoms with Gasteiger partial charge in [0.05, 0.1) is 0 Å². The molecule has 1 N–H and O–H groups in total. The normalized spacial score (nSPS) is 9.45. The molecule has 0 saturated heterocycles. The van der Waals surface area contributed by atoms with Crippen molar-refractivity contribution in [2.75, 3.05) is 0 Å². The summed E-state index contributed by atoms with van der Waals surface area (Å²) in [6.45, 7) is 0. The third-order valence-electron chi connectivity index (χ3n) is 1.36. The summed E-state index contributed by atoms with van der Waals surface area (Å²) in [6, 6.07) is 6.72. The third-order valence-corrected chi connectivity index (χ3v) is 1.36. The summed E-state index contributed by atoms with van der Waals surface area (Å²) in [4.78, 5) is 9.82. The van der Waals surface area contributed by atoms with Crippen LogP contribution in [0.25, 0.3) is 0 Å². The highest BCUT2D eigenvalue weighted by molar-refractivity contribution is 5.62. The van der Waals surface area contributed by atoms with Crippen molar-refractivity contribution < 1.29 is 9.90 Å². The fourth-order valence-electron chi connectivity index (χ4n) is 0.792. The van der Waals surface area contributed by atoms with Crippen LogP contribution in [0, 0.1) is 6.42 Å². The predicted octanol–water partition coefficient (Wildman–Crippen LogP) is 1.25. The Hall–Kier alpha value is -1.31. The molecule has 0 aliphatic heterocycles. The molecule has 0 atom stereocenters. The van der Waals surface area contributed by atoms with Crippen molar-refractivity contribution in [3.8, 4) is 5.75 Å². The first-order chi connectivity index (χ1) is 5.33. The van der Waals surface area contributed by atoms with Crippen molar-refractivity contribution in [1.29, 1.82) is 0 Å². The topological polar surface area (TPSA) is 37.3 Å². The van der Waals surface area contributed by atoms with Crippen LogP contribution in [-0.4, -0.2) is 11.4 Å². The van der Waals surface area contributed by atoms with E-state index in [2.05, 4.69) is 0 Å². The molecular weight excluding hydrogens is 140 g/mol. The first kappa shape index (κ1) is 7.79. The van der Waals surface area contributed by atoms with E-state index in [0.717, 1.165) is 5.56 Å². The number of phenols is 1. The van der Waals surface area contributed by atoms with E-state index < -0.39 is 0 Å². The molecule has 0 aromatic heterocycles. The molecule has 2 nitrogen and oxygen atoms in total. The maximum Gasteiger partial charge on any atom is 0.202 e. The Labute approximate surface area is 65.5 Å². The van der Waals surface area contributed by atoms with Crippen molar-refractivity contribution in [3.05, 3.63) is 36.2 Å². The van der Waals surface area contributed by atoms with E-state index in [4.69, 9.17) is 5.11 Å². The van der Waals surface area contributed by atoms with Crippen molar-refractivity contribution in [2.45, 2.75) is 6.42 Å². The quantitative estimate of drug-likeness (QED) is 0.700. The van der Waals surface area contributed by atoms with Gasteiger partial charge in [0.15, 0.2) is 0 Å². The average Bonchev–Trinajstić information content (AvgIpc) is 2.04. The van der Waals surface area contributed by atoms with E-state index in [9.17, 15) is 4.79 Å². The minimum absolute atomic E-state index is 0.240. The van der Waals surface area contributed by atoms with Gasteiger partial charge in [0.1, 0.15) is 5.75 Å². The van der Waals surface area contributed by atoms with E-state index in [0.29, 0.717) is 6.42 Å².